The third kappa shape index (κ3) is 9.12. The van der Waals surface area contributed by atoms with Crippen molar-refractivity contribution in [2.45, 2.75) is 67.7 Å². The maximum Gasteiger partial charge on any atom is 0.333 e. The molecule has 0 amide bonds. The van der Waals surface area contributed by atoms with E-state index < -0.39 is 11.9 Å². The second-order valence-corrected chi connectivity index (χ2v) is 8.62. The molecule has 0 spiro atoms. The molecule has 0 aromatic carbocycles. The van der Waals surface area contributed by atoms with Crippen molar-refractivity contribution < 1.29 is 19.1 Å². The van der Waals surface area contributed by atoms with Crippen molar-refractivity contribution in [3.05, 3.63) is 58.7 Å². The highest BCUT2D eigenvalue weighted by atomic mass is 16.7. The summed E-state index contributed by atoms with van der Waals surface area (Å²) in [6, 6.07) is 0. The lowest BCUT2D eigenvalue weighted by molar-refractivity contribution is -0.166. The largest absolute Gasteiger partial charge is 0.428 e. The lowest BCUT2D eigenvalue weighted by atomic mass is 9.72. The SMILES string of the molecule is CC1=C(/C=C/C(C)=C/C=C/C(C)=C/C(=O)OCOC(=O)C(C)C)C(C)(C)CCC1. The van der Waals surface area contributed by atoms with Gasteiger partial charge in [0, 0.05) is 6.08 Å². The highest BCUT2D eigenvalue weighted by molar-refractivity contribution is 5.83. The maximum absolute atomic E-state index is 11.7. The van der Waals surface area contributed by atoms with E-state index in [2.05, 4.69) is 39.8 Å². The van der Waals surface area contributed by atoms with Crippen LogP contribution in [-0.4, -0.2) is 18.7 Å². The molecule has 0 saturated heterocycles. The number of hydrogen-bond donors (Lipinski definition) is 0. The standard InChI is InChI=1S/C25H36O4/c1-18(2)24(27)29-17-28-23(26)16-20(4)11-8-10-19(3)13-14-22-21(5)12-9-15-25(22,6)7/h8,10-11,13-14,16,18H,9,12,15,17H2,1-7H3/b11-8+,14-13+,19-10+,20-16+. The molecule has 4 heteroatoms. The molecule has 0 aliphatic heterocycles. The Labute approximate surface area is 176 Å². The van der Waals surface area contributed by atoms with E-state index in [0.717, 1.165) is 11.1 Å². The summed E-state index contributed by atoms with van der Waals surface area (Å²) >= 11 is 0. The van der Waals surface area contributed by atoms with Crippen LogP contribution in [0.15, 0.2) is 58.7 Å². The van der Waals surface area contributed by atoms with E-state index in [-0.39, 0.29) is 18.1 Å². The average Bonchev–Trinajstić information content (AvgIpc) is 2.60. The Balaban J connectivity index is 2.59. The zero-order chi connectivity index (χ0) is 22.0. The molecule has 29 heavy (non-hydrogen) atoms. The quantitative estimate of drug-likeness (QED) is 0.210. The van der Waals surface area contributed by atoms with Gasteiger partial charge in [-0.2, -0.15) is 0 Å². The molecule has 0 unspecified atom stereocenters. The summed E-state index contributed by atoms with van der Waals surface area (Å²) in [5, 5.41) is 0. The van der Waals surface area contributed by atoms with Gasteiger partial charge in [-0.1, -0.05) is 69.2 Å². The van der Waals surface area contributed by atoms with Crippen LogP contribution < -0.4 is 0 Å². The van der Waals surface area contributed by atoms with Crippen LogP contribution in [0.1, 0.15) is 67.7 Å². The van der Waals surface area contributed by atoms with Crippen molar-refractivity contribution >= 4 is 11.9 Å². The van der Waals surface area contributed by atoms with Crippen LogP contribution in [0.5, 0.6) is 0 Å². The Morgan fingerprint density at radius 2 is 1.79 bits per heavy atom. The molecule has 0 aromatic heterocycles. The molecule has 0 fully saturated rings. The molecule has 0 atom stereocenters. The van der Waals surface area contributed by atoms with Crippen molar-refractivity contribution in [3.63, 3.8) is 0 Å². The summed E-state index contributed by atoms with van der Waals surface area (Å²) in [4.78, 5) is 23.0. The number of allylic oxidation sites excluding steroid dienone is 9. The second kappa shape index (κ2) is 11.6. The second-order valence-electron chi connectivity index (χ2n) is 8.62. The summed E-state index contributed by atoms with van der Waals surface area (Å²) < 4.78 is 9.69. The lowest BCUT2D eigenvalue weighted by Gasteiger charge is -2.32. The average molecular weight is 401 g/mol. The molecule has 4 nitrogen and oxygen atoms in total. The van der Waals surface area contributed by atoms with Crippen molar-refractivity contribution in [2.75, 3.05) is 6.79 Å². The Kier molecular flexibility index (Phi) is 9.87. The van der Waals surface area contributed by atoms with Crippen molar-refractivity contribution in [3.8, 4) is 0 Å². The summed E-state index contributed by atoms with van der Waals surface area (Å²) in [6.07, 6.45) is 15.2. The van der Waals surface area contributed by atoms with Crippen LogP contribution in [-0.2, 0) is 19.1 Å². The van der Waals surface area contributed by atoms with Gasteiger partial charge in [-0.25, -0.2) is 4.79 Å². The topological polar surface area (TPSA) is 52.6 Å². The minimum absolute atomic E-state index is 0.234. The fraction of sp³-hybridized carbons (Fsp3) is 0.520. The van der Waals surface area contributed by atoms with Crippen molar-refractivity contribution in [2.24, 2.45) is 11.3 Å². The van der Waals surface area contributed by atoms with E-state index >= 15 is 0 Å². The van der Waals surface area contributed by atoms with E-state index in [1.165, 1.54) is 36.5 Å². The first-order valence-corrected chi connectivity index (χ1v) is 10.3. The van der Waals surface area contributed by atoms with E-state index in [0.29, 0.717) is 0 Å². The van der Waals surface area contributed by atoms with Crippen LogP contribution in [0.3, 0.4) is 0 Å². The number of esters is 2. The molecule has 0 aromatic rings. The minimum atomic E-state index is -0.536. The zero-order valence-corrected chi connectivity index (χ0v) is 19.0. The predicted molar refractivity (Wildman–Crippen MR) is 118 cm³/mol. The fourth-order valence-electron chi connectivity index (χ4n) is 3.22. The van der Waals surface area contributed by atoms with Gasteiger partial charge in [-0.3, -0.25) is 4.79 Å². The monoisotopic (exact) mass is 400 g/mol. The third-order valence-electron chi connectivity index (χ3n) is 4.99. The number of hydrogen-bond acceptors (Lipinski definition) is 4. The first-order valence-electron chi connectivity index (χ1n) is 10.3. The minimum Gasteiger partial charge on any atom is -0.428 e. The van der Waals surface area contributed by atoms with Crippen LogP contribution in [0.2, 0.25) is 0 Å². The summed E-state index contributed by atoms with van der Waals surface area (Å²) in [7, 11) is 0. The van der Waals surface area contributed by atoms with Gasteiger partial charge in [0.15, 0.2) is 0 Å². The van der Waals surface area contributed by atoms with Gasteiger partial charge in [0.25, 0.3) is 0 Å². The van der Waals surface area contributed by atoms with E-state index in [4.69, 9.17) is 9.47 Å². The highest BCUT2D eigenvalue weighted by Gasteiger charge is 2.26. The number of ether oxygens (including phenoxy) is 2. The van der Waals surface area contributed by atoms with Gasteiger partial charge in [0.2, 0.25) is 6.79 Å². The molecule has 0 radical (unpaired) electrons. The number of carbonyl (C=O) groups is 2. The van der Waals surface area contributed by atoms with Gasteiger partial charge < -0.3 is 9.47 Å². The Hall–Kier alpha value is -2.36. The smallest absolute Gasteiger partial charge is 0.333 e. The van der Waals surface area contributed by atoms with Gasteiger partial charge in [0.05, 0.1) is 5.92 Å². The summed E-state index contributed by atoms with van der Waals surface area (Å²) in [5.41, 5.74) is 5.05. The maximum atomic E-state index is 11.7. The highest BCUT2D eigenvalue weighted by Crippen LogP contribution is 2.40. The lowest BCUT2D eigenvalue weighted by Crippen LogP contribution is -2.19. The molecule has 1 aliphatic carbocycles. The predicted octanol–water partition coefficient (Wildman–Crippen LogP) is 6.22. The molecule has 160 valence electrons. The van der Waals surface area contributed by atoms with Gasteiger partial charge >= 0.3 is 11.9 Å². The molecule has 1 aliphatic rings. The van der Waals surface area contributed by atoms with Crippen LogP contribution in [0.25, 0.3) is 0 Å². The van der Waals surface area contributed by atoms with Crippen LogP contribution >= 0.6 is 0 Å². The number of rotatable bonds is 8. The fourth-order valence-corrected chi connectivity index (χ4v) is 3.22. The Bertz CT molecular complexity index is 743. The van der Waals surface area contributed by atoms with E-state index in [1.54, 1.807) is 13.8 Å². The van der Waals surface area contributed by atoms with Crippen molar-refractivity contribution in [1.29, 1.82) is 0 Å². The molecule has 0 bridgehead atoms. The third-order valence-corrected chi connectivity index (χ3v) is 4.99. The van der Waals surface area contributed by atoms with E-state index in [1.807, 2.05) is 25.2 Å². The van der Waals surface area contributed by atoms with Gasteiger partial charge in [0.1, 0.15) is 0 Å². The molecule has 0 heterocycles. The summed E-state index contributed by atoms with van der Waals surface area (Å²) in [5.74, 6) is -1.18. The molecule has 1 rings (SSSR count). The normalized spacial score (nSPS) is 18.1. The first-order chi connectivity index (χ1) is 13.5. The molecule has 0 N–H and O–H groups in total. The Morgan fingerprint density at radius 3 is 2.41 bits per heavy atom. The Morgan fingerprint density at radius 1 is 1.10 bits per heavy atom. The first kappa shape index (κ1) is 24.7. The molecular weight excluding hydrogens is 364 g/mol. The van der Waals surface area contributed by atoms with E-state index in [9.17, 15) is 9.59 Å². The van der Waals surface area contributed by atoms with Crippen LogP contribution in [0, 0.1) is 11.3 Å². The zero-order valence-electron chi connectivity index (χ0n) is 19.0. The molecule has 0 saturated carbocycles. The summed E-state index contributed by atoms with van der Waals surface area (Å²) in [6.45, 7) is 13.8. The number of carbonyl (C=O) groups excluding carboxylic acids is 2. The van der Waals surface area contributed by atoms with Gasteiger partial charge in [-0.05, 0) is 56.6 Å². The molecular formula is C25H36O4. The van der Waals surface area contributed by atoms with Gasteiger partial charge in [-0.15, -0.1) is 0 Å². The van der Waals surface area contributed by atoms with Crippen LogP contribution in [0.4, 0.5) is 0 Å². The van der Waals surface area contributed by atoms with Crippen molar-refractivity contribution in [1.82, 2.24) is 0 Å².